The summed E-state index contributed by atoms with van der Waals surface area (Å²) in [4.78, 5) is 17.5. The maximum atomic E-state index is 11.2. The van der Waals surface area contributed by atoms with Gasteiger partial charge in [0.1, 0.15) is 5.82 Å². The van der Waals surface area contributed by atoms with Crippen LogP contribution in [0.2, 0.25) is 0 Å². The minimum absolute atomic E-state index is 0.367. The highest BCUT2D eigenvalue weighted by Crippen LogP contribution is 2.18. The Kier molecular flexibility index (Phi) is 5.32. The summed E-state index contributed by atoms with van der Waals surface area (Å²) in [6, 6.07) is 13.2. The molecule has 5 nitrogen and oxygen atoms in total. The van der Waals surface area contributed by atoms with Gasteiger partial charge >= 0.3 is 5.97 Å². The van der Waals surface area contributed by atoms with E-state index in [1.165, 1.54) is 0 Å². The molecule has 2 aromatic rings. The molecule has 0 fully saturated rings. The zero-order chi connectivity index (χ0) is 16.8. The number of aliphatic carboxylic acids is 1. The minimum Gasteiger partial charge on any atom is -0.481 e. The maximum absolute atomic E-state index is 11.2. The highest BCUT2D eigenvalue weighted by Gasteiger charge is 2.18. The number of anilines is 1. The summed E-state index contributed by atoms with van der Waals surface area (Å²) < 4.78 is 0. The fraction of sp³-hybridized carbons (Fsp3) is 0.278. The van der Waals surface area contributed by atoms with Crippen molar-refractivity contribution in [2.24, 2.45) is 5.92 Å². The zero-order valence-corrected chi connectivity index (χ0v) is 13.2. The third-order valence-corrected chi connectivity index (χ3v) is 3.60. The highest BCUT2D eigenvalue weighted by atomic mass is 16.4. The monoisotopic (exact) mass is 309 g/mol. The molecule has 1 N–H and O–H groups in total. The number of pyridine rings is 1. The first-order chi connectivity index (χ1) is 11.0. The standard InChI is InChI=1S/C18H19N3O2/c1-13-7-8-20-17(9-13)21(11-14(2)18(22)23)12-16-5-3-15(10-19)4-6-16/h3-9,14H,11-12H2,1-2H3,(H,22,23). The molecular weight excluding hydrogens is 290 g/mol. The third-order valence-electron chi connectivity index (χ3n) is 3.60. The first-order valence-corrected chi connectivity index (χ1v) is 7.39. The molecule has 0 saturated heterocycles. The molecular formula is C18H19N3O2. The van der Waals surface area contributed by atoms with Crippen LogP contribution < -0.4 is 4.90 Å². The van der Waals surface area contributed by atoms with Crippen LogP contribution in [0.5, 0.6) is 0 Å². The summed E-state index contributed by atoms with van der Waals surface area (Å²) in [5, 5.41) is 18.0. The van der Waals surface area contributed by atoms with Gasteiger partial charge < -0.3 is 10.0 Å². The Morgan fingerprint density at radius 1 is 1.35 bits per heavy atom. The molecule has 0 amide bonds. The van der Waals surface area contributed by atoms with E-state index in [1.54, 1.807) is 25.3 Å². The van der Waals surface area contributed by atoms with E-state index >= 15 is 0 Å². The number of hydrogen-bond donors (Lipinski definition) is 1. The van der Waals surface area contributed by atoms with Crippen LogP contribution in [-0.2, 0) is 11.3 Å². The van der Waals surface area contributed by atoms with Gasteiger partial charge in [0.25, 0.3) is 0 Å². The molecule has 1 atom stereocenters. The summed E-state index contributed by atoms with van der Waals surface area (Å²) in [5.41, 5.74) is 2.68. The number of benzene rings is 1. The first-order valence-electron chi connectivity index (χ1n) is 7.39. The lowest BCUT2D eigenvalue weighted by molar-refractivity contribution is -0.140. The number of carbonyl (C=O) groups is 1. The number of aryl methyl sites for hydroxylation is 1. The van der Waals surface area contributed by atoms with Gasteiger partial charge in [-0.05, 0) is 42.3 Å². The molecule has 1 aromatic carbocycles. The van der Waals surface area contributed by atoms with E-state index in [1.807, 2.05) is 36.1 Å². The van der Waals surface area contributed by atoms with Gasteiger partial charge in [-0.2, -0.15) is 5.26 Å². The van der Waals surface area contributed by atoms with Crippen LogP contribution in [0.1, 0.15) is 23.6 Å². The molecule has 0 aliphatic heterocycles. The van der Waals surface area contributed by atoms with Crippen molar-refractivity contribution in [3.05, 3.63) is 59.3 Å². The first kappa shape index (κ1) is 16.5. The van der Waals surface area contributed by atoms with E-state index < -0.39 is 11.9 Å². The Hall–Kier alpha value is -2.87. The van der Waals surface area contributed by atoms with Crippen LogP contribution in [0, 0.1) is 24.2 Å². The molecule has 0 bridgehead atoms. The quantitative estimate of drug-likeness (QED) is 0.887. The number of carboxylic acids is 1. The van der Waals surface area contributed by atoms with Gasteiger partial charge in [0, 0.05) is 19.3 Å². The number of nitrogens with zero attached hydrogens (tertiary/aromatic N) is 3. The Bertz CT molecular complexity index is 720. The van der Waals surface area contributed by atoms with Crippen molar-refractivity contribution in [2.45, 2.75) is 20.4 Å². The van der Waals surface area contributed by atoms with Crippen LogP contribution in [0.4, 0.5) is 5.82 Å². The van der Waals surface area contributed by atoms with Crippen molar-refractivity contribution in [3.63, 3.8) is 0 Å². The largest absolute Gasteiger partial charge is 0.481 e. The van der Waals surface area contributed by atoms with E-state index in [4.69, 9.17) is 5.26 Å². The van der Waals surface area contributed by atoms with Crippen LogP contribution in [0.25, 0.3) is 0 Å². The van der Waals surface area contributed by atoms with Crippen molar-refractivity contribution >= 4 is 11.8 Å². The number of aromatic nitrogens is 1. The summed E-state index contributed by atoms with van der Waals surface area (Å²) >= 11 is 0. The predicted molar refractivity (Wildman–Crippen MR) is 88.0 cm³/mol. The van der Waals surface area contributed by atoms with Gasteiger partial charge in [-0.1, -0.05) is 19.1 Å². The summed E-state index contributed by atoms with van der Waals surface area (Å²) in [6.07, 6.45) is 1.72. The fourth-order valence-corrected chi connectivity index (χ4v) is 2.25. The van der Waals surface area contributed by atoms with E-state index in [9.17, 15) is 9.90 Å². The molecule has 0 aliphatic rings. The topological polar surface area (TPSA) is 77.2 Å². The van der Waals surface area contributed by atoms with Crippen LogP contribution in [0.3, 0.4) is 0 Å². The molecule has 2 rings (SSSR count). The number of rotatable bonds is 6. The number of hydrogen-bond acceptors (Lipinski definition) is 4. The molecule has 0 radical (unpaired) electrons. The normalized spacial score (nSPS) is 11.5. The number of nitriles is 1. The average molecular weight is 309 g/mol. The van der Waals surface area contributed by atoms with E-state index in [2.05, 4.69) is 11.1 Å². The van der Waals surface area contributed by atoms with Gasteiger partial charge in [-0.25, -0.2) is 4.98 Å². The molecule has 0 saturated carbocycles. The lowest BCUT2D eigenvalue weighted by Gasteiger charge is -2.26. The van der Waals surface area contributed by atoms with E-state index in [-0.39, 0.29) is 0 Å². The Morgan fingerprint density at radius 2 is 2.04 bits per heavy atom. The van der Waals surface area contributed by atoms with Crippen molar-refractivity contribution < 1.29 is 9.90 Å². The van der Waals surface area contributed by atoms with Gasteiger partial charge in [0.15, 0.2) is 0 Å². The van der Waals surface area contributed by atoms with Gasteiger partial charge in [0.05, 0.1) is 17.6 Å². The maximum Gasteiger partial charge on any atom is 0.308 e. The second kappa shape index (κ2) is 7.41. The molecule has 0 aliphatic carbocycles. The van der Waals surface area contributed by atoms with Gasteiger partial charge in [0.2, 0.25) is 0 Å². The lowest BCUT2D eigenvalue weighted by atomic mass is 10.1. The van der Waals surface area contributed by atoms with Crippen LogP contribution in [0.15, 0.2) is 42.6 Å². The summed E-state index contributed by atoms with van der Waals surface area (Å²) in [7, 11) is 0. The van der Waals surface area contributed by atoms with Crippen molar-refractivity contribution in [1.29, 1.82) is 5.26 Å². The lowest BCUT2D eigenvalue weighted by Crippen LogP contribution is -2.32. The average Bonchev–Trinajstić information content (AvgIpc) is 2.54. The van der Waals surface area contributed by atoms with E-state index in [0.29, 0.717) is 18.7 Å². The number of carboxylic acid groups (broad SMARTS) is 1. The summed E-state index contributed by atoms with van der Waals surface area (Å²) in [6.45, 7) is 4.57. The molecule has 1 unspecified atom stereocenters. The van der Waals surface area contributed by atoms with Gasteiger partial charge in [-0.15, -0.1) is 0 Å². The molecule has 1 heterocycles. The Labute approximate surface area is 135 Å². The molecule has 0 spiro atoms. The predicted octanol–water partition coefficient (Wildman–Crippen LogP) is 2.99. The minimum atomic E-state index is -0.831. The SMILES string of the molecule is Cc1ccnc(N(Cc2ccc(C#N)cc2)CC(C)C(=O)O)c1. The van der Waals surface area contributed by atoms with Crippen molar-refractivity contribution in [3.8, 4) is 6.07 Å². The fourth-order valence-electron chi connectivity index (χ4n) is 2.25. The molecule has 1 aromatic heterocycles. The van der Waals surface area contributed by atoms with Crippen LogP contribution in [-0.4, -0.2) is 22.6 Å². The Balaban J connectivity index is 2.25. The van der Waals surface area contributed by atoms with Crippen molar-refractivity contribution in [2.75, 3.05) is 11.4 Å². The van der Waals surface area contributed by atoms with Gasteiger partial charge in [-0.3, -0.25) is 4.79 Å². The third kappa shape index (κ3) is 4.55. The second-order valence-corrected chi connectivity index (χ2v) is 5.62. The highest BCUT2D eigenvalue weighted by molar-refractivity contribution is 5.70. The van der Waals surface area contributed by atoms with Crippen LogP contribution >= 0.6 is 0 Å². The van der Waals surface area contributed by atoms with Crippen molar-refractivity contribution in [1.82, 2.24) is 4.98 Å². The molecule has 118 valence electrons. The molecule has 5 heteroatoms. The smallest absolute Gasteiger partial charge is 0.308 e. The Morgan fingerprint density at radius 3 is 2.61 bits per heavy atom. The molecule has 23 heavy (non-hydrogen) atoms. The summed E-state index contributed by atoms with van der Waals surface area (Å²) in [5.74, 6) is -0.583. The second-order valence-electron chi connectivity index (χ2n) is 5.62. The van der Waals surface area contributed by atoms with E-state index in [0.717, 1.165) is 16.9 Å². The zero-order valence-electron chi connectivity index (χ0n) is 13.2.